The summed E-state index contributed by atoms with van der Waals surface area (Å²) in [5, 5.41) is 0. The maximum atomic E-state index is 12.9. The number of carbonyl (C=O) groups is 1. The highest BCUT2D eigenvalue weighted by atomic mass is 79.9. The molecule has 0 aliphatic heterocycles. The minimum absolute atomic E-state index is 0.160. The molecular weight excluding hydrogens is 351 g/mol. The fraction of sp³-hybridized carbons (Fsp3) is 0.417. The van der Waals surface area contributed by atoms with Gasteiger partial charge in [0.15, 0.2) is 5.78 Å². The lowest BCUT2D eigenvalue weighted by Crippen LogP contribution is -2.33. The molecule has 0 aliphatic rings. The van der Waals surface area contributed by atoms with E-state index >= 15 is 0 Å². The zero-order valence-electron chi connectivity index (χ0n) is 10.0. The van der Waals surface area contributed by atoms with Gasteiger partial charge in [0.1, 0.15) is 19.0 Å². The Kier molecular flexibility index (Phi) is 6.07. The second-order valence-corrected chi connectivity index (χ2v) is 4.87. The first-order valence-electron chi connectivity index (χ1n) is 5.41. The van der Waals surface area contributed by atoms with E-state index in [2.05, 4.69) is 20.7 Å². The van der Waals surface area contributed by atoms with Gasteiger partial charge in [-0.3, -0.25) is 4.79 Å². The molecule has 0 radical (unpaired) electrons. The van der Waals surface area contributed by atoms with Crippen molar-refractivity contribution < 1.29 is 31.5 Å². The normalized spacial score (nSPS) is 11.9. The first-order chi connectivity index (χ1) is 9.22. The highest BCUT2D eigenvalue weighted by molar-refractivity contribution is 9.10. The summed E-state index contributed by atoms with van der Waals surface area (Å²) in [6.45, 7) is -2.24. The third-order valence-corrected chi connectivity index (χ3v) is 2.87. The SMILES string of the molecule is O=C(COCC(F)(F)C(F)F)Cc1ccc(F)c(Br)c1. The van der Waals surface area contributed by atoms with Crippen LogP contribution in [0.4, 0.5) is 22.0 Å². The summed E-state index contributed by atoms with van der Waals surface area (Å²) < 4.78 is 66.0. The molecule has 0 fully saturated rings. The first kappa shape index (κ1) is 17.0. The van der Waals surface area contributed by atoms with Crippen molar-refractivity contribution in [3.05, 3.63) is 34.1 Å². The van der Waals surface area contributed by atoms with Crippen LogP contribution >= 0.6 is 15.9 Å². The second-order valence-electron chi connectivity index (χ2n) is 4.02. The van der Waals surface area contributed by atoms with Gasteiger partial charge in [0.25, 0.3) is 0 Å². The average Bonchev–Trinajstić information content (AvgIpc) is 2.33. The Morgan fingerprint density at radius 1 is 1.35 bits per heavy atom. The minimum atomic E-state index is -4.28. The summed E-state index contributed by atoms with van der Waals surface area (Å²) in [6, 6.07) is 3.85. The highest BCUT2D eigenvalue weighted by Crippen LogP contribution is 2.23. The fourth-order valence-electron chi connectivity index (χ4n) is 1.29. The van der Waals surface area contributed by atoms with Crippen LogP contribution < -0.4 is 0 Å². The van der Waals surface area contributed by atoms with Crippen LogP contribution in [-0.4, -0.2) is 31.3 Å². The molecular formula is C12H10BrF5O2. The highest BCUT2D eigenvalue weighted by Gasteiger charge is 2.41. The number of carbonyl (C=O) groups excluding carboxylic acids is 1. The topological polar surface area (TPSA) is 26.3 Å². The molecule has 2 nitrogen and oxygen atoms in total. The molecule has 0 aromatic heterocycles. The Labute approximate surface area is 120 Å². The van der Waals surface area contributed by atoms with Crippen LogP contribution in [0.25, 0.3) is 0 Å². The Morgan fingerprint density at radius 3 is 2.55 bits per heavy atom. The first-order valence-corrected chi connectivity index (χ1v) is 6.21. The molecule has 0 atom stereocenters. The quantitative estimate of drug-likeness (QED) is 0.694. The third kappa shape index (κ3) is 5.16. The summed E-state index contributed by atoms with van der Waals surface area (Å²) in [5.74, 6) is -5.36. The van der Waals surface area contributed by atoms with Crippen LogP contribution in [0, 0.1) is 5.82 Å². The number of benzene rings is 1. The van der Waals surface area contributed by atoms with Gasteiger partial charge in [-0.1, -0.05) is 6.07 Å². The van der Waals surface area contributed by atoms with Crippen LogP contribution in [0.2, 0.25) is 0 Å². The van der Waals surface area contributed by atoms with Gasteiger partial charge in [-0.25, -0.2) is 13.2 Å². The Hall–Kier alpha value is -1.02. The predicted octanol–water partition coefficient (Wildman–Crippen LogP) is 3.62. The van der Waals surface area contributed by atoms with Crippen molar-refractivity contribution >= 4 is 21.7 Å². The number of hydrogen-bond donors (Lipinski definition) is 0. The number of ketones is 1. The van der Waals surface area contributed by atoms with E-state index in [-0.39, 0.29) is 10.9 Å². The van der Waals surface area contributed by atoms with E-state index in [1.165, 1.54) is 12.1 Å². The van der Waals surface area contributed by atoms with Crippen molar-refractivity contribution in [1.82, 2.24) is 0 Å². The van der Waals surface area contributed by atoms with Crippen LogP contribution in [0.15, 0.2) is 22.7 Å². The Balaban J connectivity index is 2.43. The fourth-order valence-corrected chi connectivity index (χ4v) is 1.72. The molecule has 0 aliphatic carbocycles. The number of Topliss-reactive ketones (excluding diaryl/α,β-unsaturated/α-hetero) is 1. The molecule has 8 heteroatoms. The third-order valence-electron chi connectivity index (χ3n) is 2.26. The van der Waals surface area contributed by atoms with E-state index in [9.17, 15) is 26.7 Å². The molecule has 0 heterocycles. The molecule has 0 amide bonds. The van der Waals surface area contributed by atoms with Crippen molar-refractivity contribution in [2.45, 2.75) is 18.8 Å². The minimum Gasteiger partial charge on any atom is -0.367 e. The molecule has 112 valence electrons. The molecule has 1 aromatic rings. The van der Waals surface area contributed by atoms with E-state index < -0.39 is 37.2 Å². The molecule has 0 saturated carbocycles. The van der Waals surface area contributed by atoms with Gasteiger partial charge in [0, 0.05) is 6.42 Å². The maximum absolute atomic E-state index is 12.9. The standard InChI is InChI=1S/C12H10BrF5O2/c13-9-4-7(1-2-10(9)14)3-8(19)5-20-6-12(17,18)11(15)16/h1-2,4,11H,3,5-6H2. The monoisotopic (exact) mass is 360 g/mol. The van der Waals surface area contributed by atoms with Crippen LogP contribution in [-0.2, 0) is 16.0 Å². The van der Waals surface area contributed by atoms with Gasteiger partial charge in [0.2, 0.25) is 0 Å². The van der Waals surface area contributed by atoms with E-state index in [1.807, 2.05) is 0 Å². The van der Waals surface area contributed by atoms with Crippen molar-refractivity contribution in [3.8, 4) is 0 Å². The van der Waals surface area contributed by atoms with Crippen molar-refractivity contribution in [1.29, 1.82) is 0 Å². The maximum Gasteiger partial charge on any atom is 0.330 e. The smallest absolute Gasteiger partial charge is 0.330 e. The summed E-state index contributed by atoms with van der Waals surface area (Å²) in [7, 11) is 0. The molecule has 1 rings (SSSR count). The van der Waals surface area contributed by atoms with Crippen molar-refractivity contribution in [2.24, 2.45) is 0 Å². The lowest BCUT2D eigenvalue weighted by atomic mass is 10.1. The second kappa shape index (κ2) is 7.12. The zero-order valence-corrected chi connectivity index (χ0v) is 11.6. The van der Waals surface area contributed by atoms with E-state index in [0.29, 0.717) is 5.56 Å². The molecule has 0 bridgehead atoms. The van der Waals surface area contributed by atoms with E-state index in [1.54, 1.807) is 0 Å². The molecule has 20 heavy (non-hydrogen) atoms. The molecule has 0 unspecified atom stereocenters. The lowest BCUT2D eigenvalue weighted by molar-refractivity contribution is -0.168. The molecule has 0 saturated heterocycles. The van der Waals surface area contributed by atoms with Gasteiger partial charge >= 0.3 is 12.3 Å². The van der Waals surface area contributed by atoms with Gasteiger partial charge in [-0.05, 0) is 33.6 Å². The lowest BCUT2D eigenvalue weighted by Gasteiger charge is -2.14. The van der Waals surface area contributed by atoms with Gasteiger partial charge in [0.05, 0.1) is 4.47 Å². The number of hydrogen-bond acceptors (Lipinski definition) is 2. The average molecular weight is 361 g/mol. The van der Waals surface area contributed by atoms with Gasteiger partial charge < -0.3 is 4.74 Å². The molecule has 1 aromatic carbocycles. The number of rotatable bonds is 7. The van der Waals surface area contributed by atoms with Crippen LogP contribution in [0.5, 0.6) is 0 Å². The summed E-state index contributed by atoms with van der Waals surface area (Å²) >= 11 is 2.93. The van der Waals surface area contributed by atoms with E-state index in [4.69, 9.17) is 0 Å². The molecule has 0 spiro atoms. The molecule has 0 N–H and O–H groups in total. The number of ether oxygens (including phenoxy) is 1. The number of alkyl halides is 4. The number of halogens is 6. The predicted molar refractivity (Wildman–Crippen MR) is 64.6 cm³/mol. The Bertz CT molecular complexity index is 479. The van der Waals surface area contributed by atoms with E-state index in [0.717, 1.165) is 6.07 Å². The van der Waals surface area contributed by atoms with Crippen LogP contribution in [0.1, 0.15) is 5.56 Å². The van der Waals surface area contributed by atoms with Crippen molar-refractivity contribution in [3.63, 3.8) is 0 Å². The zero-order chi connectivity index (χ0) is 15.3. The van der Waals surface area contributed by atoms with Crippen LogP contribution in [0.3, 0.4) is 0 Å². The van der Waals surface area contributed by atoms with Gasteiger partial charge in [-0.2, -0.15) is 8.78 Å². The largest absolute Gasteiger partial charge is 0.367 e. The summed E-state index contributed by atoms with van der Waals surface area (Å²) in [5.41, 5.74) is 0.451. The summed E-state index contributed by atoms with van der Waals surface area (Å²) in [6.07, 6.45) is -4.01. The van der Waals surface area contributed by atoms with Gasteiger partial charge in [-0.15, -0.1) is 0 Å². The van der Waals surface area contributed by atoms with Crippen molar-refractivity contribution in [2.75, 3.05) is 13.2 Å². The Morgan fingerprint density at radius 2 is 2.00 bits per heavy atom. The summed E-state index contributed by atoms with van der Waals surface area (Å²) in [4.78, 5) is 11.4.